The van der Waals surface area contributed by atoms with E-state index in [2.05, 4.69) is 42.0 Å². The van der Waals surface area contributed by atoms with Gasteiger partial charge in [-0.3, -0.25) is 4.79 Å². The van der Waals surface area contributed by atoms with Gasteiger partial charge in [-0.1, -0.05) is 61.0 Å². The molecule has 0 spiro atoms. The number of carbonyl (C=O) groups is 1. The molecule has 23 heavy (non-hydrogen) atoms. The second kappa shape index (κ2) is 7.09. The minimum absolute atomic E-state index is 0.0960. The molecule has 0 aromatic heterocycles. The Morgan fingerprint density at radius 2 is 1.78 bits per heavy atom. The summed E-state index contributed by atoms with van der Waals surface area (Å²) in [5.41, 5.74) is 2.41. The summed E-state index contributed by atoms with van der Waals surface area (Å²) in [6, 6.07) is 12.5. The van der Waals surface area contributed by atoms with Gasteiger partial charge in [0.1, 0.15) is 5.82 Å². The predicted octanol–water partition coefficient (Wildman–Crippen LogP) is 5.54. The normalized spacial score (nSPS) is 11.7. The molecule has 0 saturated heterocycles. The molecule has 0 radical (unpaired) electrons. The minimum atomic E-state index is -0.476. The molecule has 2 rings (SSSR count). The van der Waals surface area contributed by atoms with Gasteiger partial charge in [0.15, 0.2) is 0 Å². The third kappa shape index (κ3) is 5.03. The molecule has 0 fully saturated rings. The zero-order valence-corrected chi connectivity index (χ0v) is 14.9. The quantitative estimate of drug-likeness (QED) is 0.701. The topological polar surface area (TPSA) is 29.1 Å². The summed E-state index contributed by atoms with van der Waals surface area (Å²) in [6.45, 7) is 6.45. The lowest BCUT2D eigenvalue weighted by atomic mass is 9.87. The van der Waals surface area contributed by atoms with Gasteiger partial charge in [-0.25, -0.2) is 4.39 Å². The van der Waals surface area contributed by atoms with Gasteiger partial charge in [-0.2, -0.15) is 0 Å². The lowest BCUT2D eigenvalue weighted by Crippen LogP contribution is -2.10. The first-order valence-electron chi connectivity index (χ1n) is 7.30. The Morgan fingerprint density at radius 1 is 1.13 bits per heavy atom. The molecule has 0 unspecified atom stereocenters. The van der Waals surface area contributed by atoms with Crippen LogP contribution in [0.2, 0.25) is 0 Å². The molecule has 0 aliphatic heterocycles. The van der Waals surface area contributed by atoms with Crippen LogP contribution < -0.4 is 5.32 Å². The number of carbonyl (C=O) groups excluding carboxylic acids is 1. The van der Waals surface area contributed by atoms with E-state index < -0.39 is 5.82 Å². The van der Waals surface area contributed by atoms with Crippen molar-refractivity contribution in [2.45, 2.75) is 26.2 Å². The number of nitrogens with one attached hydrogen (secondary N) is 1. The van der Waals surface area contributed by atoms with Crippen LogP contribution >= 0.6 is 15.9 Å². The van der Waals surface area contributed by atoms with Crippen LogP contribution in [0.15, 0.2) is 53.0 Å². The fraction of sp³-hybridized carbons (Fsp3) is 0.211. The number of benzene rings is 2. The Labute approximate surface area is 144 Å². The zero-order chi connectivity index (χ0) is 17.0. The molecule has 0 bridgehead atoms. The molecule has 2 aromatic rings. The molecule has 1 N–H and O–H groups in total. The Balaban J connectivity index is 2.03. The van der Waals surface area contributed by atoms with Gasteiger partial charge in [-0.05, 0) is 40.8 Å². The Hall–Kier alpha value is -1.94. The van der Waals surface area contributed by atoms with E-state index in [1.165, 1.54) is 23.8 Å². The first kappa shape index (κ1) is 17.4. The third-order valence-electron chi connectivity index (χ3n) is 3.39. The molecule has 0 atom stereocenters. The summed E-state index contributed by atoms with van der Waals surface area (Å²) in [6.07, 6.45) is 3.10. The zero-order valence-electron chi connectivity index (χ0n) is 13.4. The summed E-state index contributed by atoms with van der Waals surface area (Å²) in [7, 11) is 0. The fourth-order valence-electron chi connectivity index (χ4n) is 2.03. The predicted molar refractivity (Wildman–Crippen MR) is 96.9 cm³/mol. The second-order valence-electron chi connectivity index (χ2n) is 6.32. The van der Waals surface area contributed by atoms with Gasteiger partial charge >= 0.3 is 0 Å². The summed E-state index contributed by atoms with van der Waals surface area (Å²) in [4.78, 5) is 11.9. The van der Waals surface area contributed by atoms with E-state index >= 15 is 0 Å². The van der Waals surface area contributed by atoms with Gasteiger partial charge in [0.25, 0.3) is 0 Å². The molecule has 0 aliphatic rings. The SMILES string of the molecule is CC(C)(C)c1ccc(/C=C/C(=O)Nc2ccc(Br)cc2F)cc1. The van der Waals surface area contributed by atoms with E-state index in [9.17, 15) is 9.18 Å². The van der Waals surface area contributed by atoms with Crippen LogP contribution in [0.5, 0.6) is 0 Å². The van der Waals surface area contributed by atoms with Crippen molar-refractivity contribution in [2.24, 2.45) is 0 Å². The Morgan fingerprint density at radius 3 is 2.35 bits per heavy atom. The standard InChI is InChI=1S/C19H19BrFNO/c1-19(2,3)14-7-4-13(5-8-14)6-11-18(23)22-17-10-9-15(20)12-16(17)21/h4-12H,1-3H3,(H,22,23)/b11-6+. The van der Waals surface area contributed by atoms with E-state index in [4.69, 9.17) is 0 Å². The number of hydrogen-bond donors (Lipinski definition) is 1. The average molecular weight is 376 g/mol. The fourth-order valence-corrected chi connectivity index (χ4v) is 2.36. The molecule has 4 heteroatoms. The Kier molecular flexibility index (Phi) is 5.37. The maximum absolute atomic E-state index is 13.7. The number of amides is 1. The average Bonchev–Trinajstić information content (AvgIpc) is 2.47. The van der Waals surface area contributed by atoms with E-state index in [1.807, 2.05) is 24.3 Å². The minimum Gasteiger partial charge on any atom is -0.320 e. The van der Waals surface area contributed by atoms with Crippen LogP contribution in [-0.4, -0.2) is 5.91 Å². The molecular weight excluding hydrogens is 357 g/mol. The van der Waals surface area contributed by atoms with Crippen LogP contribution in [0.3, 0.4) is 0 Å². The second-order valence-corrected chi connectivity index (χ2v) is 7.23. The van der Waals surface area contributed by atoms with E-state index in [-0.39, 0.29) is 17.0 Å². The van der Waals surface area contributed by atoms with E-state index in [1.54, 1.807) is 12.1 Å². The van der Waals surface area contributed by atoms with Crippen molar-refractivity contribution in [3.63, 3.8) is 0 Å². The van der Waals surface area contributed by atoms with Gasteiger partial charge in [0.05, 0.1) is 5.69 Å². The maximum Gasteiger partial charge on any atom is 0.248 e. The van der Waals surface area contributed by atoms with Crippen molar-refractivity contribution in [1.82, 2.24) is 0 Å². The first-order chi connectivity index (χ1) is 10.8. The maximum atomic E-state index is 13.7. The van der Waals surface area contributed by atoms with E-state index in [0.29, 0.717) is 4.47 Å². The van der Waals surface area contributed by atoms with Gasteiger partial charge in [0, 0.05) is 10.5 Å². The lowest BCUT2D eigenvalue weighted by molar-refractivity contribution is -0.111. The molecule has 2 nitrogen and oxygen atoms in total. The molecule has 0 aliphatic carbocycles. The lowest BCUT2D eigenvalue weighted by Gasteiger charge is -2.18. The van der Waals surface area contributed by atoms with Crippen LogP contribution in [-0.2, 0) is 10.2 Å². The van der Waals surface area contributed by atoms with Crippen molar-refractivity contribution in [3.05, 3.63) is 70.0 Å². The van der Waals surface area contributed by atoms with Crippen molar-refractivity contribution in [1.29, 1.82) is 0 Å². The molecule has 0 heterocycles. The van der Waals surface area contributed by atoms with Crippen LogP contribution in [0, 0.1) is 5.82 Å². The van der Waals surface area contributed by atoms with Gasteiger partial charge in [0.2, 0.25) is 5.91 Å². The van der Waals surface area contributed by atoms with Crippen LogP contribution in [0.4, 0.5) is 10.1 Å². The van der Waals surface area contributed by atoms with Crippen molar-refractivity contribution in [2.75, 3.05) is 5.32 Å². The first-order valence-corrected chi connectivity index (χ1v) is 8.10. The monoisotopic (exact) mass is 375 g/mol. The summed E-state index contributed by atoms with van der Waals surface area (Å²) in [5.74, 6) is -0.846. The van der Waals surface area contributed by atoms with Crippen molar-refractivity contribution >= 4 is 33.6 Å². The van der Waals surface area contributed by atoms with Crippen molar-refractivity contribution < 1.29 is 9.18 Å². The largest absolute Gasteiger partial charge is 0.320 e. The molecular formula is C19H19BrFNO. The third-order valence-corrected chi connectivity index (χ3v) is 3.89. The summed E-state index contributed by atoms with van der Waals surface area (Å²) < 4.78 is 14.3. The van der Waals surface area contributed by atoms with Crippen molar-refractivity contribution in [3.8, 4) is 0 Å². The number of anilines is 1. The molecule has 1 amide bonds. The molecule has 120 valence electrons. The molecule has 0 saturated carbocycles. The highest BCUT2D eigenvalue weighted by atomic mass is 79.9. The van der Waals surface area contributed by atoms with Crippen LogP contribution in [0.25, 0.3) is 6.08 Å². The number of halogens is 2. The van der Waals surface area contributed by atoms with Gasteiger partial charge in [-0.15, -0.1) is 0 Å². The Bertz CT molecular complexity index is 730. The smallest absolute Gasteiger partial charge is 0.248 e. The summed E-state index contributed by atoms with van der Waals surface area (Å²) >= 11 is 3.18. The van der Waals surface area contributed by atoms with Crippen LogP contribution in [0.1, 0.15) is 31.9 Å². The van der Waals surface area contributed by atoms with Gasteiger partial charge < -0.3 is 5.32 Å². The highest BCUT2D eigenvalue weighted by Crippen LogP contribution is 2.22. The number of rotatable bonds is 3. The highest BCUT2D eigenvalue weighted by molar-refractivity contribution is 9.10. The summed E-state index contributed by atoms with van der Waals surface area (Å²) in [5, 5.41) is 2.52. The number of hydrogen-bond acceptors (Lipinski definition) is 1. The molecule has 2 aromatic carbocycles. The van der Waals surface area contributed by atoms with E-state index in [0.717, 1.165) is 5.56 Å². The highest BCUT2D eigenvalue weighted by Gasteiger charge is 2.12.